The predicted molar refractivity (Wildman–Crippen MR) is 158 cm³/mol. The fraction of sp³-hybridized carbons (Fsp3) is 0.452. The summed E-state index contributed by atoms with van der Waals surface area (Å²) in [5.74, 6) is 1.93. The van der Waals surface area contributed by atoms with Gasteiger partial charge in [-0.3, -0.25) is 4.79 Å². The van der Waals surface area contributed by atoms with Gasteiger partial charge in [0, 0.05) is 30.3 Å². The molecule has 0 spiro atoms. The second-order valence-electron chi connectivity index (χ2n) is 9.86. The fourth-order valence-electron chi connectivity index (χ4n) is 5.12. The molecule has 4 rings (SSSR count). The molecule has 2 heterocycles. The van der Waals surface area contributed by atoms with Crippen molar-refractivity contribution in [2.24, 2.45) is 0 Å². The number of carbonyl (C=O) groups excluding carboxylic acids is 1. The van der Waals surface area contributed by atoms with Gasteiger partial charge in [0.05, 0.1) is 11.0 Å². The molecule has 2 N–H and O–H groups in total. The van der Waals surface area contributed by atoms with Crippen molar-refractivity contribution >= 4 is 45.9 Å². The minimum Gasteiger partial charge on any atom is -0.382 e. The Morgan fingerprint density at radius 3 is 2.14 bits per heavy atom. The van der Waals surface area contributed by atoms with Crippen LogP contribution in [-0.4, -0.2) is 20.3 Å². The highest BCUT2D eigenvalue weighted by Gasteiger charge is 2.16. The number of benzene rings is 2. The molecule has 0 saturated heterocycles. The number of nitrogens with two attached hydrogens (primary N) is 1. The Bertz CT molecular complexity index is 1270. The normalized spacial score (nSPS) is 11.2. The van der Waals surface area contributed by atoms with Crippen LogP contribution in [0.15, 0.2) is 54.6 Å². The number of hydrogen-bond acceptors (Lipinski definition) is 4. The number of nitrogens with zero attached hydrogens (tertiary/aromatic N) is 3. The van der Waals surface area contributed by atoms with Crippen LogP contribution in [0.1, 0.15) is 93.7 Å². The molecule has 0 aliphatic heterocycles. The van der Waals surface area contributed by atoms with E-state index in [9.17, 15) is 4.79 Å². The van der Waals surface area contributed by atoms with Gasteiger partial charge in [-0.1, -0.05) is 100 Å². The number of Topliss-reactive ketones (excluding diaryl/α,β-unsaturated/α-hetero) is 1. The third-order valence-electron chi connectivity index (χ3n) is 7.04. The highest BCUT2D eigenvalue weighted by Crippen LogP contribution is 2.29. The number of unbranched alkanes of at least 4 members (excludes halogenated alkanes) is 8. The maximum Gasteiger partial charge on any atom is 0.162 e. The smallest absolute Gasteiger partial charge is 0.162 e. The van der Waals surface area contributed by atoms with E-state index < -0.39 is 0 Å². The van der Waals surface area contributed by atoms with Gasteiger partial charge in [0.1, 0.15) is 11.3 Å². The summed E-state index contributed by atoms with van der Waals surface area (Å²) in [5.41, 5.74) is 10.1. The SMILES string of the molecule is CCCc1nc2c(N)nc3ccccc3c2n1CCCCCCCCCCCC(=O)c1ccccc1.Cl. The summed E-state index contributed by atoms with van der Waals surface area (Å²) in [6, 6.07) is 17.9. The molecule has 0 bridgehead atoms. The number of para-hydroxylation sites is 1. The van der Waals surface area contributed by atoms with Crippen molar-refractivity contribution in [3.8, 4) is 0 Å². The van der Waals surface area contributed by atoms with Crippen molar-refractivity contribution in [1.82, 2.24) is 14.5 Å². The Morgan fingerprint density at radius 2 is 1.43 bits per heavy atom. The molecule has 0 radical (unpaired) electrons. The Labute approximate surface area is 227 Å². The molecule has 2 aromatic carbocycles. The molecule has 0 aliphatic rings. The highest BCUT2D eigenvalue weighted by molar-refractivity contribution is 6.06. The third kappa shape index (κ3) is 7.54. The number of nitrogen functional groups attached to an aromatic ring is 1. The van der Waals surface area contributed by atoms with Crippen molar-refractivity contribution in [2.75, 3.05) is 5.73 Å². The van der Waals surface area contributed by atoms with Crippen molar-refractivity contribution < 1.29 is 4.79 Å². The van der Waals surface area contributed by atoms with E-state index in [1.54, 1.807) is 0 Å². The van der Waals surface area contributed by atoms with Crippen LogP contribution in [0.3, 0.4) is 0 Å². The van der Waals surface area contributed by atoms with Crippen LogP contribution in [0, 0.1) is 0 Å². The van der Waals surface area contributed by atoms with Gasteiger partial charge in [0.25, 0.3) is 0 Å². The number of rotatable bonds is 15. The second-order valence-corrected chi connectivity index (χ2v) is 9.86. The van der Waals surface area contributed by atoms with Crippen LogP contribution in [0.4, 0.5) is 5.82 Å². The van der Waals surface area contributed by atoms with Crippen LogP contribution in [0.25, 0.3) is 21.9 Å². The Kier molecular flexibility index (Phi) is 11.4. The maximum atomic E-state index is 12.2. The summed E-state index contributed by atoms with van der Waals surface area (Å²) in [7, 11) is 0. The highest BCUT2D eigenvalue weighted by atomic mass is 35.5. The molecule has 5 nitrogen and oxygen atoms in total. The van der Waals surface area contributed by atoms with E-state index in [0.29, 0.717) is 12.2 Å². The third-order valence-corrected chi connectivity index (χ3v) is 7.04. The predicted octanol–water partition coefficient (Wildman–Crippen LogP) is 8.32. The van der Waals surface area contributed by atoms with Crippen LogP contribution in [0.2, 0.25) is 0 Å². The topological polar surface area (TPSA) is 73.8 Å². The molecular formula is C31H41ClN4O. The monoisotopic (exact) mass is 520 g/mol. The summed E-state index contributed by atoms with van der Waals surface area (Å²) < 4.78 is 2.40. The van der Waals surface area contributed by atoms with Gasteiger partial charge in [0.15, 0.2) is 11.6 Å². The van der Waals surface area contributed by atoms with Crippen LogP contribution in [0.5, 0.6) is 0 Å². The molecular weight excluding hydrogens is 480 g/mol. The number of pyridine rings is 1. The molecule has 4 aromatic rings. The lowest BCUT2D eigenvalue weighted by Crippen LogP contribution is -2.04. The van der Waals surface area contributed by atoms with Crippen molar-refractivity contribution in [2.45, 2.75) is 90.5 Å². The van der Waals surface area contributed by atoms with E-state index in [1.165, 1.54) is 38.5 Å². The standard InChI is InChI=1S/C31H40N4O.ClH/c1-2-17-28-34-29-30(25-20-14-15-21-26(25)33-31(29)32)35(28)23-16-9-7-5-3-4-6-8-13-22-27(36)24-18-11-10-12-19-24;/h10-12,14-15,18-21H,2-9,13,16-17,22-23H2,1H3,(H2,32,33);1H. The minimum atomic E-state index is 0. The molecule has 0 amide bonds. The van der Waals surface area contributed by atoms with E-state index >= 15 is 0 Å². The van der Waals surface area contributed by atoms with Gasteiger partial charge in [-0.05, 0) is 25.3 Å². The van der Waals surface area contributed by atoms with Crippen molar-refractivity contribution in [3.05, 3.63) is 66.0 Å². The number of imidazole rings is 1. The van der Waals surface area contributed by atoms with Gasteiger partial charge in [-0.25, -0.2) is 9.97 Å². The molecule has 6 heteroatoms. The number of carbonyl (C=O) groups is 1. The first kappa shape index (κ1) is 28.6. The zero-order valence-electron chi connectivity index (χ0n) is 22.1. The Hall–Kier alpha value is -2.92. The molecule has 0 saturated carbocycles. The maximum absolute atomic E-state index is 12.2. The number of hydrogen-bond donors (Lipinski definition) is 1. The molecule has 0 aliphatic carbocycles. The van der Waals surface area contributed by atoms with Crippen molar-refractivity contribution in [3.63, 3.8) is 0 Å². The van der Waals surface area contributed by atoms with Gasteiger partial charge in [0.2, 0.25) is 0 Å². The number of aryl methyl sites for hydroxylation is 2. The van der Waals surface area contributed by atoms with E-state index in [2.05, 4.69) is 28.6 Å². The molecule has 37 heavy (non-hydrogen) atoms. The zero-order chi connectivity index (χ0) is 25.2. The average molecular weight is 521 g/mol. The van der Waals surface area contributed by atoms with Gasteiger partial charge < -0.3 is 10.3 Å². The number of aromatic nitrogens is 3. The first-order valence-electron chi connectivity index (χ1n) is 13.8. The summed E-state index contributed by atoms with van der Waals surface area (Å²) >= 11 is 0. The summed E-state index contributed by atoms with van der Waals surface area (Å²) in [4.78, 5) is 21.6. The summed E-state index contributed by atoms with van der Waals surface area (Å²) in [6.07, 6.45) is 13.6. The first-order chi connectivity index (χ1) is 17.7. The van der Waals surface area contributed by atoms with Crippen LogP contribution < -0.4 is 5.73 Å². The molecule has 198 valence electrons. The van der Waals surface area contributed by atoms with Crippen LogP contribution >= 0.6 is 12.4 Å². The Balaban J connectivity index is 0.00000380. The Morgan fingerprint density at radius 1 is 0.811 bits per heavy atom. The molecule has 0 unspecified atom stereocenters. The van der Waals surface area contributed by atoms with Gasteiger partial charge in [-0.15, -0.1) is 12.4 Å². The van der Waals surface area contributed by atoms with Crippen molar-refractivity contribution in [1.29, 1.82) is 0 Å². The lowest BCUT2D eigenvalue weighted by Gasteiger charge is -2.11. The number of anilines is 1. The van der Waals surface area contributed by atoms with Crippen LogP contribution in [-0.2, 0) is 13.0 Å². The summed E-state index contributed by atoms with van der Waals surface area (Å²) in [5, 5.41) is 1.14. The average Bonchev–Trinajstić information content (AvgIpc) is 3.27. The number of halogens is 1. The molecule has 0 atom stereocenters. The van der Waals surface area contributed by atoms with Gasteiger partial charge in [-0.2, -0.15) is 0 Å². The zero-order valence-corrected chi connectivity index (χ0v) is 22.9. The quantitative estimate of drug-likeness (QED) is 0.126. The van der Waals surface area contributed by atoms with E-state index in [1.807, 2.05) is 42.5 Å². The van der Waals surface area contributed by atoms with Gasteiger partial charge >= 0.3 is 0 Å². The minimum absolute atomic E-state index is 0. The number of fused-ring (bicyclic) bond motifs is 3. The summed E-state index contributed by atoms with van der Waals surface area (Å²) in [6.45, 7) is 3.18. The van der Waals surface area contributed by atoms with E-state index in [0.717, 1.165) is 72.0 Å². The molecule has 2 aromatic heterocycles. The lowest BCUT2D eigenvalue weighted by atomic mass is 10.0. The largest absolute Gasteiger partial charge is 0.382 e. The lowest BCUT2D eigenvalue weighted by molar-refractivity contribution is 0.0979. The fourth-order valence-corrected chi connectivity index (χ4v) is 5.12. The molecule has 0 fully saturated rings. The second kappa shape index (κ2) is 14.7. The van der Waals surface area contributed by atoms with E-state index in [-0.39, 0.29) is 18.2 Å². The first-order valence-corrected chi connectivity index (χ1v) is 13.8. The number of ketones is 1. The van der Waals surface area contributed by atoms with E-state index in [4.69, 9.17) is 10.7 Å².